The molecule has 2 rings (SSSR count). The lowest BCUT2D eigenvalue weighted by molar-refractivity contribution is -0.112. The van der Waals surface area contributed by atoms with Crippen molar-refractivity contribution >= 4 is 11.5 Å². The third-order valence-corrected chi connectivity index (χ3v) is 3.53. The zero-order valence-corrected chi connectivity index (χ0v) is 12.8. The number of primary amides is 1. The molecular formula is C19H21NO2. The van der Waals surface area contributed by atoms with Gasteiger partial charge in [-0.15, -0.1) is 0 Å². The molecular weight excluding hydrogens is 274 g/mol. The minimum Gasteiger partial charge on any atom is -0.497 e. The van der Waals surface area contributed by atoms with Crippen molar-refractivity contribution in [3.63, 3.8) is 0 Å². The summed E-state index contributed by atoms with van der Waals surface area (Å²) in [5.74, 6) is 0.363. The van der Waals surface area contributed by atoms with Crippen LogP contribution in [-0.4, -0.2) is 13.0 Å². The highest BCUT2D eigenvalue weighted by Crippen LogP contribution is 2.19. The summed E-state index contributed by atoms with van der Waals surface area (Å²) in [7, 11) is 1.61. The first-order valence-corrected chi connectivity index (χ1v) is 7.39. The maximum Gasteiger partial charge on any atom is 0.248 e. The molecule has 0 atom stereocenters. The second kappa shape index (κ2) is 8.03. The SMILES string of the molecule is COc1ccc(/C(=C\CCCc2ccccc2)C(N)=O)cc1. The fourth-order valence-electron chi connectivity index (χ4n) is 2.33. The van der Waals surface area contributed by atoms with Crippen molar-refractivity contribution in [2.75, 3.05) is 7.11 Å². The first-order chi connectivity index (χ1) is 10.7. The van der Waals surface area contributed by atoms with Gasteiger partial charge < -0.3 is 10.5 Å². The van der Waals surface area contributed by atoms with Crippen LogP contribution >= 0.6 is 0 Å². The third kappa shape index (κ3) is 4.48. The highest BCUT2D eigenvalue weighted by molar-refractivity contribution is 6.18. The average molecular weight is 295 g/mol. The van der Waals surface area contributed by atoms with Crippen molar-refractivity contribution in [2.24, 2.45) is 5.73 Å². The summed E-state index contributed by atoms with van der Waals surface area (Å²) in [5.41, 5.74) is 8.19. The van der Waals surface area contributed by atoms with Gasteiger partial charge in [0.15, 0.2) is 0 Å². The van der Waals surface area contributed by atoms with Crippen LogP contribution in [0.5, 0.6) is 5.75 Å². The van der Waals surface area contributed by atoms with E-state index < -0.39 is 5.91 Å². The Hall–Kier alpha value is -2.55. The van der Waals surface area contributed by atoms with Crippen LogP contribution < -0.4 is 10.5 Å². The fourth-order valence-corrected chi connectivity index (χ4v) is 2.33. The molecule has 1 amide bonds. The molecule has 0 aliphatic heterocycles. The van der Waals surface area contributed by atoms with Crippen LogP contribution in [0, 0.1) is 0 Å². The molecule has 0 heterocycles. The first kappa shape index (κ1) is 15.8. The molecule has 0 spiro atoms. The predicted molar refractivity (Wildman–Crippen MR) is 89.5 cm³/mol. The maximum absolute atomic E-state index is 11.6. The Morgan fingerprint density at radius 2 is 1.77 bits per heavy atom. The lowest BCUT2D eigenvalue weighted by Crippen LogP contribution is -2.13. The van der Waals surface area contributed by atoms with Crippen molar-refractivity contribution in [2.45, 2.75) is 19.3 Å². The number of nitrogens with two attached hydrogens (primary N) is 1. The van der Waals surface area contributed by atoms with E-state index in [-0.39, 0.29) is 0 Å². The van der Waals surface area contributed by atoms with Crippen LogP contribution in [0.4, 0.5) is 0 Å². The van der Waals surface area contributed by atoms with Gasteiger partial charge in [0.2, 0.25) is 5.91 Å². The Morgan fingerprint density at radius 1 is 1.09 bits per heavy atom. The van der Waals surface area contributed by atoms with Crippen molar-refractivity contribution in [3.05, 3.63) is 71.8 Å². The monoisotopic (exact) mass is 295 g/mol. The number of ether oxygens (including phenoxy) is 1. The molecule has 0 radical (unpaired) electrons. The van der Waals surface area contributed by atoms with Crippen LogP contribution in [0.25, 0.3) is 5.57 Å². The Bertz CT molecular complexity index is 630. The molecule has 22 heavy (non-hydrogen) atoms. The molecule has 2 aromatic rings. The van der Waals surface area contributed by atoms with Crippen LogP contribution in [0.15, 0.2) is 60.7 Å². The number of methoxy groups -OCH3 is 1. The van der Waals surface area contributed by atoms with Crippen molar-refractivity contribution in [3.8, 4) is 5.75 Å². The molecule has 0 aliphatic rings. The summed E-state index contributed by atoms with van der Waals surface area (Å²) in [5, 5.41) is 0. The third-order valence-electron chi connectivity index (χ3n) is 3.53. The molecule has 0 aromatic heterocycles. The summed E-state index contributed by atoms with van der Waals surface area (Å²) < 4.78 is 5.12. The minimum absolute atomic E-state index is 0.398. The maximum atomic E-state index is 11.6. The molecule has 0 fully saturated rings. The van der Waals surface area contributed by atoms with E-state index in [0.29, 0.717) is 5.57 Å². The number of unbranched alkanes of at least 4 members (excludes halogenated alkanes) is 1. The quantitative estimate of drug-likeness (QED) is 0.627. The second-order valence-electron chi connectivity index (χ2n) is 5.09. The minimum atomic E-state index is -0.398. The van der Waals surface area contributed by atoms with Gasteiger partial charge in [0.05, 0.1) is 7.11 Å². The van der Waals surface area contributed by atoms with Crippen LogP contribution in [0.2, 0.25) is 0 Å². The van der Waals surface area contributed by atoms with E-state index in [2.05, 4.69) is 12.1 Å². The van der Waals surface area contributed by atoms with Gasteiger partial charge in [0.1, 0.15) is 5.75 Å². The van der Waals surface area contributed by atoms with Gasteiger partial charge in [-0.25, -0.2) is 0 Å². The molecule has 0 bridgehead atoms. The number of amides is 1. The van der Waals surface area contributed by atoms with Crippen molar-refractivity contribution < 1.29 is 9.53 Å². The number of allylic oxidation sites excluding steroid dienone is 1. The molecule has 114 valence electrons. The van der Waals surface area contributed by atoms with Gasteiger partial charge in [-0.2, -0.15) is 0 Å². The predicted octanol–water partition coefficient (Wildman–Crippen LogP) is 3.59. The number of rotatable bonds is 7. The van der Waals surface area contributed by atoms with E-state index in [9.17, 15) is 4.79 Å². The van der Waals surface area contributed by atoms with Crippen LogP contribution in [0.1, 0.15) is 24.0 Å². The Kier molecular flexibility index (Phi) is 5.78. The zero-order valence-electron chi connectivity index (χ0n) is 12.8. The standard InChI is InChI=1S/C19H21NO2/c1-22-17-13-11-16(12-14-17)18(19(20)21)10-6-5-9-15-7-3-2-4-8-15/h2-4,7-8,10-14H,5-6,9H2,1H3,(H2,20,21)/b18-10+. The number of hydrogen-bond donors (Lipinski definition) is 1. The summed E-state index contributed by atoms with van der Waals surface area (Å²) in [6, 6.07) is 17.7. The van der Waals surface area contributed by atoms with Crippen LogP contribution in [-0.2, 0) is 11.2 Å². The number of carbonyl (C=O) groups excluding carboxylic acids is 1. The average Bonchev–Trinajstić information content (AvgIpc) is 2.56. The Labute approximate surface area is 131 Å². The van der Waals surface area contributed by atoms with E-state index in [1.54, 1.807) is 7.11 Å². The second-order valence-corrected chi connectivity index (χ2v) is 5.09. The summed E-state index contributed by atoms with van der Waals surface area (Å²) in [6.07, 6.45) is 4.72. The van der Waals surface area contributed by atoms with Gasteiger partial charge in [-0.05, 0) is 42.5 Å². The van der Waals surface area contributed by atoms with Crippen molar-refractivity contribution in [1.82, 2.24) is 0 Å². The molecule has 0 saturated heterocycles. The summed E-state index contributed by atoms with van der Waals surface area (Å²) in [4.78, 5) is 11.6. The van der Waals surface area contributed by atoms with Gasteiger partial charge >= 0.3 is 0 Å². The topological polar surface area (TPSA) is 52.3 Å². The van der Waals surface area contributed by atoms with Gasteiger partial charge in [0.25, 0.3) is 0 Å². The lowest BCUT2D eigenvalue weighted by Gasteiger charge is -2.06. The van der Waals surface area contributed by atoms with Crippen LogP contribution in [0.3, 0.4) is 0 Å². The lowest BCUT2D eigenvalue weighted by atomic mass is 10.0. The van der Waals surface area contributed by atoms with Gasteiger partial charge in [0, 0.05) is 5.57 Å². The largest absolute Gasteiger partial charge is 0.497 e. The summed E-state index contributed by atoms with van der Waals surface area (Å²) in [6.45, 7) is 0. The molecule has 2 N–H and O–H groups in total. The molecule has 0 unspecified atom stereocenters. The highest BCUT2D eigenvalue weighted by Gasteiger charge is 2.07. The molecule has 3 nitrogen and oxygen atoms in total. The smallest absolute Gasteiger partial charge is 0.248 e. The number of hydrogen-bond acceptors (Lipinski definition) is 2. The van der Waals surface area contributed by atoms with E-state index >= 15 is 0 Å². The highest BCUT2D eigenvalue weighted by atomic mass is 16.5. The van der Waals surface area contributed by atoms with E-state index in [1.807, 2.05) is 48.5 Å². The normalized spacial score (nSPS) is 11.2. The summed E-state index contributed by atoms with van der Waals surface area (Å²) >= 11 is 0. The zero-order chi connectivity index (χ0) is 15.8. The van der Waals surface area contributed by atoms with Gasteiger partial charge in [-0.1, -0.05) is 48.5 Å². The molecule has 0 aliphatic carbocycles. The van der Waals surface area contributed by atoms with Crippen molar-refractivity contribution in [1.29, 1.82) is 0 Å². The van der Waals surface area contributed by atoms with Gasteiger partial charge in [-0.3, -0.25) is 4.79 Å². The number of aryl methyl sites for hydroxylation is 1. The fraction of sp³-hybridized carbons (Fsp3) is 0.211. The number of benzene rings is 2. The van der Waals surface area contributed by atoms with E-state index in [4.69, 9.17) is 10.5 Å². The first-order valence-electron chi connectivity index (χ1n) is 7.39. The van der Waals surface area contributed by atoms with E-state index in [0.717, 1.165) is 30.6 Å². The van der Waals surface area contributed by atoms with E-state index in [1.165, 1.54) is 5.56 Å². The molecule has 0 saturated carbocycles. The number of carbonyl (C=O) groups is 1. The Balaban J connectivity index is 1.99. The Morgan fingerprint density at radius 3 is 2.36 bits per heavy atom. The molecule has 2 aromatic carbocycles. The molecule has 3 heteroatoms.